The summed E-state index contributed by atoms with van der Waals surface area (Å²) in [5.41, 5.74) is 1.68. The van der Waals surface area contributed by atoms with E-state index in [0.29, 0.717) is 16.8 Å². The van der Waals surface area contributed by atoms with Gasteiger partial charge < -0.3 is 9.64 Å². The Bertz CT molecular complexity index is 1130. The molecule has 7 heteroatoms. The third-order valence-corrected chi connectivity index (χ3v) is 7.14. The van der Waals surface area contributed by atoms with Crippen LogP contribution in [0.4, 0.5) is 0 Å². The van der Waals surface area contributed by atoms with E-state index in [2.05, 4.69) is 4.98 Å². The first kappa shape index (κ1) is 21.6. The summed E-state index contributed by atoms with van der Waals surface area (Å²) in [5, 5.41) is 0.585. The van der Waals surface area contributed by atoms with Gasteiger partial charge in [0.1, 0.15) is 17.1 Å². The number of nitrogens with zero attached hydrogens (tertiary/aromatic N) is 3. The van der Waals surface area contributed by atoms with Crippen LogP contribution in [0, 0.1) is 6.92 Å². The van der Waals surface area contributed by atoms with Crippen molar-refractivity contribution in [1.82, 2.24) is 14.5 Å². The number of rotatable bonds is 6. The Labute approximate surface area is 186 Å². The van der Waals surface area contributed by atoms with Gasteiger partial charge in [-0.15, -0.1) is 11.3 Å². The number of hydrogen-bond acceptors (Lipinski definition) is 5. The zero-order valence-electron chi connectivity index (χ0n) is 18.4. The quantitative estimate of drug-likeness (QED) is 0.562. The van der Waals surface area contributed by atoms with E-state index >= 15 is 0 Å². The summed E-state index contributed by atoms with van der Waals surface area (Å²) in [4.78, 5) is 34.3. The average molecular weight is 440 g/mol. The minimum atomic E-state index is -0.163. The molecule has 0 aliphatic heterocycles. The van der Waals surface area contributed by atoms with Crippen molar-refractivity contribution in [3.8, 4) is 16.9 Å². The van der Waals surface area contributed by atoms with E-state index in [1.54, 1.807) is 0 Å². The normalized spacial score (nSPS) is 14.7. The second-order valence-corrected chi connectivity index (χ2v) is 9.35. The zero-order chi connectivity index (χ0) is 22.0. The summed E-state index contributed by atoms with van der Waals surface area (Å²) in [5.74, 6) is 0.764. The number of aromatic nitrogens is 2. The molecule has 0 radical (unpaired) electrons. The minimum Gasteiger partial charge on any atom is -0.494 e. The predicted molar refractivity (Wildman–Crippen MR) is 125 cm³/mol. The van der Waals surface area contributed by atoms with Gasteiger partial charge in [0.05, 0.1) is 18.3 Å². The van der Waals surface area contributed by atoms with E-state index in [4.69, 9.17) is 4.74 Å². The van der Waals surface area contributed by atoms with E-state index in [1.807, 2.05) is 50.1 Å². The van der Waals surface area contributed by atoms with E-state index in [1.165, 1.54) is 28.7 Å². The molecule has 1 fully saturated rings. The lowest BCUT2D eigenvalue weighted by atomic mass is 9.94. The van der Waals surface area contributed by atoms with Gasteiger partial charge in [-0.05, 0) is 44.4 Å². The first-order valence-corrected chi connectivity index (χ1v) is 11.8. The third kappa shape index (κ3) is 4.37. The molecule has 0 bridgehead atoms. The first-order chi connectivity index (χ1) is 15.0. The second kappa shape index (κ2) is 9.22. The van der Waals surface area contributed by atoms with Crippen LogP contribution in [-0.4, -0.2) is 40.1 Å². The average Bonchev–Trinajstić information content (AvgIpc) is 3.13. The SMILES string of the molecule is CCOc1ccc(-c2c(C)sc3ncn(CC(=O)N(C)C4CCCCC4)c(=O)c23)cc1. The van der Waals surface area contributed by atoms with Crippen molar-refractivity contribution >= 4 is 27.5 Å². The van der Waals surface area contributed by atoms with Gasteiger partial charge >= 0.3 is 0 Å². The van der Waals surface area contributed by atoms with E-state index in [9.17, 15) is 9.59 Å². The number of benzene rings is 1. The van der Waals surface area contributed by atoms with Crippen LogP contribution in [0.2, 0.25) is 0 Å². The Hall–Kier alpha value is -2.67. The number of thiophene rings is 1. The number of amides is 1. The lowest BCUT2D eigenvalue weighted by molar-refractivity contribution is -0.133. The molecule has 0 atom stereocenters. The topological polar surface area (TPSA) is 64.4 Å². The lowest BCUT2D eigenvalue weighted by Crippen LogP contribution is -2.41. The molecule has 0 unspecified atom stereocenters. The third-order valence-electron chi connectivity index (χ3n) is 6.13. The Kier molecular flexibility index (Phi) is 6.41. The smallest absolute Gasteiger partial charge is 0.263 e. The van der Waals surface area contributed by atoms with Crippen LogP contribution in [0.15, 0.2) is 35.4 Å². The molecule has 2 heterocycles. The molecule has 31 heavy (non-hydrogen) atoms. The number of likely N-dealkylation sites (N-methyl/N-ethyl adjacent to an activating group) is 1. The van der Waals surface area contributed by atoms with Crippen LogP contribution >= 0.6 is 11.3 Å². The fourth-order valence-corrected chi connectivity index (χ4v) is 5.41. The highest BCUT2D eigenvalue weighted by atomic mass is 32.1. The predicted octanol–water partition coefficient (Wildman–Crippen LogP) is 4.62. The van der Waals surface area contributed by atoms with Gasteiger partial charge in [0, 0.05) is 23.5 Å². The highest BCUT2D eigenvalue weighted by molar-refractivity contribution is 7.19. The van der Waals surface area contributed by atoms with E-state index < -0.39 is 0 Å². The molecule has 0 N–H and O–H groups in total. The Morgan fingerprint density at radius 2 is 1.94 bits per heavy atom. The highest BCUT2D eigenvalue weighted by Crippen LogP contribution is 2.36. The summed E-state index contributed by atoms with van der Waals surface area (Å²) >= 11 is 1.51. The van der Waals surface area contributed by atoms with Crippen molar-refractivity contribution in [2.24, 2.45) is 0 Å². The maximum absolute atomic E-state index is 13.4. The van der Waals surface area contributed by atoms with Gasteiger partial charge in [0.2, 0.25) is 5.91 Å². The van der Waals surface area contributed by atoms with Crippen molar-refractivity contribution in [3.63, 3.8) is 0 Å². The van der Waals surface area contributed by atoms with Crippen LogP contribution in [0.1, 0.15) is 43.9 Å². The molecular formula is C24H29N3O3S. The number of carbonyl (C=O) groups excluding carboxylic acids is 1. The molecule has 164 valence electrons. The van der Waals surface area contributed by atoms with Crippen LogP contribution in [0.3, 0.4) is 0 Å². The summed E-state index contributed by atoms with van der Waals surface area (Å²) in [6.45, 7) is 4.58. The summed E-state index contributed by atoms with van der Waals surface area (Å²) in [6.07, 6.45) is 7.16. The number of aryl methyl sites for hydroxylation is 1. The number of carbonyl (C=O) groups is 1. The van der Waals surface area contributed by atoms with E-state index in [-0.39, 0.29) is 24.1 Å². The van der Waals surface area contributed by atoms with Crippen LogP contribution in [-0.2, 0) is 11.3 Å². The molecule has 4 rings (SSSR count). The van der Waals surface area contributed by atoms with Crippen molar-refractivity contribution in [3.05, 3.63) is 45.8 Å². The molecule has 6 nitrogen and oxygen atoms in total. The van der Waals surface area contributed by atoms with E-state index in [0.717, 1.165) is 47.4 Å². The maximum Gasteiger partial charge on any atom is 0.263 e. The molecular weight excluding hydrogens is 410 g/mol. The number of fused-ring (bicyclic) bond motifs is 1. The largest absolute Gasteiger partial charge is 0.494 e. The second-order valence-electron chi connectivity index (χ2n) is 8.14. The standard InChI is InChI=1S/C24H29N3O3S/c1-4-30-19-12-10-17(11-13-19)21-16(2)31-23-22(21)24(29)27(15-25-23)14-20(28)26(3)18-8-6-5-7-9-18/h10-13,15,18H,4-9,14H2,1-3H3. The Morgan fingerprint density at radius 3 is 2.61 bits per heavy atom. The molecule has 0 saturated heterocycles. The highest BCUT2D eigenvalue weighted by Gasteiger charge is 2.23. The molecule has 1 aliphatic carbocycles. The van der Waals surface area contributed by atoms with Gasteiger partial charge in [0.15, 0.2) is 0 Å². The fourth-order valence-electron chi connectivity index (χ4n) is 4.41. The molecule has 1 aromatic carbocycles. The first-order valence-electron chi connectivity index (χ1n) is 11.0. The van der Waals surface area contributed by atoms with Crippen LogP contribution in [0.5, 0.6) is 5.75 Å². The molecule has 0 spiro atoms. The monoisotopic (exact) mass is 439 g/mol. The van der Waals surface area contributed by atoms with Crippen molar-refractivity contribution in [2.45, 2.75) is 58.5 Å². The number of hydrogen-bond donors (Lipinski definition) is 0. The van der Waals surface area contributed by atoms with Crippen molar-refractivity contribution in [2.75, 3.05) is 13.7 Å². The van der Waals surface area contributed by atoms with Gasteiger partial charge in [-0.1, -0.05) is 31.4 Å². The molecule has 2 aromatic heterocycles. The summed E-state index contributed by atoms with van der Waals surface area (Å²) in [6, 6.07) is 8.05. The molecule has 1 amide bonds. The minimum absolute atomic E-state index is 0.0202. The Balaban J connectivity index is 1.66. The zero-order valence-corrected chi connectivity index (χ0v) is 19.2. The lowest BCUT2D eigenvalue weighted by Gasteiger charge is -2.31. The van der Waals surface area contributed by atoms with Crippen molar-refractivity contribution in [1.29, 1.82) is 0 Å². The van der Waals surface area contributed by atoms with Crippen molar-refractivity contribution < 1.29 is 9.53 Å². The molecule has 1 aliphatic rings. The number of ether oxygens (including phenoxy) is 1. The maximum atomic E-state index is 13.4. The van der Waals surface area contributed by atoms with Gasteiger partial charge in [0.25, 0.3) is 5.56 Å². The van der Waals surface area contributed by atoms with Gasteiger partial charge in [-0.3, -0.25) is 14.2 Å². The van der Waals surface area contributed by atoms with Crippen LogP contribution in [0.25, 0.3) is 21.3 Å². The molecule has 1 saturated carbocycles. The Morgan fingerprint density at radius 1 is 1.23 bits per heavy atom. The van der Waals surface area contributed by atoms with Crippen LogP contribution < -0.4 is 10.3 Å². The summed E-state index contributed by atoms with van der Waals surface area (Å²) < 4.78 is 6.99. The summed E-state index contributed by atoms with van der Waals surface area (Å²) in [7, 11) is 1.86. The van der Waals surface area contributed by atoms with Gasteiger partial charge in [-0.25, -0.2) is 4.98 Å². The van der Waals surface area contributed by atoms with Gasteiger partial charge in [-0.2, -0.15) is 0 Å². The molecule has 3 aromatic rings. The fraction of sp³-hybridized carbons (Fsp3) is 0.458.